The third-order valence-corrected chi connectivity index (χ3v) is 11.1. The van der Waals surface area contributed by atoms with Gasteiger partial charge in [-0.05, 0) is 47.9 Å². The fraction of sp³-hybridized carbons (Fsp3) is 0.238. The first-order valence-corrected chi connectivity index (χ1v) is 17.5. The van der Waals surface area contributed by atoms with Crippen LogP contribution in [0, 0.1) is 0 Å². The first-order chi connectivity index (χ1) is 25.4. The molecule has 1 amide bonds. The number of hydrogen-bond acceptors (Lipinski definition) is 7. The summed E-state index contributed by atoms with van der Waals surface area (Å²) in [6, 6.07) is 32.0. The summed E-state index contributed by atoms with van der Waals surface area (Å²) in [6.45, 7) is 3.04. The van der Waals surface area contributed by atoms with Crippen molar-refractivity contribution >= 4 is 55.2 Å². The Hall–Kier alpha value is -5.84. The van der Waals surface area contributed by atoms with Gasteiger partial charge in [0.2, 0.25) is 0 Å². The van der Waals surface area contributed by atoms with E-state index in [0.717, 1.165) is 60.3 Å². The third kappa shape index (κ3) is 4.19. The van der Waals surface area contributed by atoms with Crippen molar-refractivity contribution < 1.29 is 28.9 Å². The molecule has 3 aliphatic rings. The molecule has 10 nitrogen and oxygen atoms in total. The van der Waals surface area contributed by atoms with Crippen LogP contribution >= 0.6 is 0 Å². The lowest BCUT2D eigenvalue weighted by molar-refractivity contribution is -0.205. The second-order valence-electron chi connectivity index (χ2n) is 14.0. The van der Waals surface area contributed by atoms with Crippen LogP contribution in [0.1, 0.15) is 46.6 Å². The molecule has 1 N–H and O–H groups in total. The zero-order chi connectivity index (χ0) is 35.3. The van der Waals surface area contributed by atoms with Crippen molar-refractivity contribution in [2.75, 3.05) is 14.2 Å². The number of amides is 1. The molecule has 3 aliphatic heterocycles. The van der Waals surface area contributed by atoms with Crippen LogP contribution < -0.4 is 9.47 Å². The van der Waals surface area contributed by atoms with Crippen molar-refractivity contribution in [1.29, 1.82) is 0 Å². The standard InChI is InChI=1S/C42H36N4O6/c1-42-40(47)29(43-51-23-24-11-5-4-6-12-24)20-34(52-42)45-30-15-9-7-13-26(30)36-37-28(35-27-14-8-10-16-31(27)46(42)39(35)38(36)45)22-44(41(37)48)21-25-17-18-32(49-2)33(19-25)50-3/h4-19,34,40,47H,20-23H2,1-3H3/b43-29-/t34-,40-,42+/m1/s1. The third-order valence-electron chi connectivity index (χ3n) is 11.1. The lowest BCUT2D eigenvalue weighted by Crippen LogP contribution is -2.53. The summed E-state index contributed by atoms with van der Waals surface area (Å²) in [5.74, 6) is 1.23. The highest BCUT2D eigenvalue weighted by Gasteiger charge is 2.52. The monoisotopic (exact) mass is 692 g/mol. The SMILES string of the molecule is COc1ccc(CN2Cc3c(c4c5ccccc5n5c4c4c3c3ccccc3n4[C@@]3(C)O[C@@H]5C/C(=N/OCc4ccccc4)[C@H]3O)C2=O)cc1OC. The molecule has 1 fully saturated rings. The van der Waals surface area contributed by atoms with Gasteiger partial charge in [0, 0.05) is 41.1 Å². The van der Waals surface area contributed by atoms with Crippen LogP contribution in [0.4, 0.5) is 0 Å². The molecule has 0 unspecified atom stereocenters. The molecule has 10 rings (SSSR count). The second-order valence-corrected chi connectivity index (χ2v) is 14.0. The molecule has 1 saturated heterocycles. The molecule has 5 aromatic carbocycles. The maximum Gasteiger partial charge on any atom is 0.255 e. The number of oxime groups is 1. The fourth-order valence-corrected chi connectivity index (χ4v) is 8.85. The number of ether oxygens (including phenoxy) is 3. The van der Waals surface area contributed by atoms with Gasteiger partial charge in [0.25, 0.3) is 5.91 Å². The fourth-order valence-electron chi connectivity index (χ4n) is 8.85. The number of methoxy groups -OCH3 is 2. The summed E-state index contributed by atoms with van der Waals surface area (Å²) in [7, 11) is 3.23. The summed E-state index contributed by atoms with van der Waals surface area (Å²) in [5, 5.41) is 20.7. The van der Waals surface area contributed by atoms with E-state index in [-0.39, 0.29) is 12.5 Å². The Morgan fingerprint density at radius 2 is 1.56 bits per heavy atom. The zero-order valence-corrected chi connectivity index (χ0v) is 29.0. The number of para-hydroxylation sites is 2. The summed E-state index contributed by atoms with van der Waals surface area (Å²) < 4.78 is 22.5. The van der Waals surface area contributed by atoms with Crippen molar-refractivity contribution in [3.8, 4) is 11.5 Å². The van der Waals surface area contributed by atoms with Crippen LogP contribution in [-0.4, -0.2) is 51.1 Å². The highest BCUT2D eigenvalue weighted by Crippen LogP contribution is 2.53. The molecule has 0 aliphatic carbocycles. The normalized spacial score (nSPS) is 21.5. The molecule has 2 bridgehead atoms. The minimum absolute atomic E-state index is 0.0256. The van der Waals surface area contributed by atoms with E-state index in [1.807, 2.05) is 84.6 Å². The minimum Gasteiger partial charge on any atom is -0.493 e. The Labute approximate surface area is 298 Å². The predicted octanol–water partition coefficient (Wildman–Crippen LogP) is 7.61. The molecular formula is C42H36N4O6. The van der Waals surface area contributed by atoms with Crippen molar-refractivity contribution in [3.63, 3.8) is 0 Å². The Kier molecular flexibility index (Phi) is 6.74. The van der Waals surface area contributed by atoms with Gasteiger partial charge < -0.3 is 38.2 Å². The van der Waals surface area contributed by atoms with E-state index < -0.39 is 18.1 Å². The first-order valence-electron chi connectivity index (χ1n) is 17.5. The van der Waals surface area contributed by atoms with E-state index in [1.165, 1.54) is 0 Å². The molecule has 52 heavy (non-hydrogen) atoms. The van der Waals surface area contributed by atoms with E-state index in [0.29, 0.717) is 42.3 Å². The van der Waals surface area contributed by atoms with Crippen LogP contribution in [0.3, 0.4) is 0 Å². The highest BCUT2D eigenvalue weighted by atomic mass is 16.6. The smallest absolute Gasteiger partial charge is 0.255 e. The quantitative estimate of drug-likeness (QED) is 0.173. The van der Waals surface area contributed by atoms with Gasteiger partial charge in [-0.15, -0.1) is 0 Å². The van der Waals surface area contributed by atoms with Crippen LogP contribution in [-0.2, 0) is 35.0 Å². The van der Waals surface area contributed by atoms with E-state index >= 15 is 0 Å². The summed E-state index contributed by atoms with van der Waals surface area (Å²) >= 11 is 0. The largest absolute Gasteiger partial charge is 0.493 e. The van der Waals surface area contributed by atoms with Gasteiger partial charge in [-0.25, -0.2) is 0 Å². The molecule has 5 heterocycles. The Morgan fingerprint density at radius 3 is 2.33 bits per heavy atom. The van der Waals surface area contributed by atoms with Gasteiger partial charge in [0.1, 0.15) is 18.9 Å². The molecule has 0 saturated carbocycles. The first kappa shape index (κ1) is 30.9. The molecule has 260 valence electrons. The number of carbonyl (C=O) groups is 1. The van der Waals surface area contributed by atoms with E-state index in [4.69, 9.17) is 19.0 Å². The highest BCUT2D eigenvalue weighted by molar-refractivity contribution is 6.31. The Balaban J connectivity index is 1.21. The predicted molar refractivity (Wildman–Crippen MR) is 199 cm³/mol. The maximum atomic E-state index is 14.8. The molecule has 2 aromatic heterocycles. The Morgan fingerprint density at radius 1 is 0.846 bits per heavy atom. The number of benzene rings is 5. The average molecular weight is 693 g/mol. The lowest BCUT2D eigenvalue weighted by atomic mass is 9.96. The van der Waals surface area contributed by atoms with Crippen LogP contribution in [0.2, 0.25) is 0 Å². The van der Waals surface area contributed by atoms with Crippen LogP contribution in [0.15, 0.2) is 102 Å². The average Bonchev–Trinajstić information content (AvgIpc) is 3.79. The number of aromatic nitrogens is 2. The van der Waals surface area contributed by atoms with Gasteiger partial charge >= 0.3 is 0 Å². The Bertz CT molecular complexity index is 2640. The molecule has 3 atom stereocenters. The second kappa shape index (κ2) is 11.3. The number of fused-ring (bicyclic) bond motifs is 13. The molecule has 10 heteroatoms. The van der Waals surface area contributed by atoms with E-state index in [2.05, 4.69) is 38.6 Å². The zero-order valence-electron chi connectivity index (χ0n) is 29.0. The van der Waals surface area contributed by atoms with Gasteiger partial charge in [-0.2, -0.15) is 0 Å². The van der Waals surface area contributed by atoms with Crippen molar-refractivity contribution in [2.45, 2.75) is 51.1 Å². The molecule has 7 aromatic rings. The van der Waals surface area contributed by atoms with Crippen LogP contribution in [0.5, 0.6) is 11.5 Å². The van der Waals surface area contributed by atoms with Crippen molar-refractivity contribution in [3.05, 3.63) is 119 Å². The maximum absolute atomic E-state index is 14.8. The van der Waals surface area contributed by atoms with Gasteiger partial charge in [0.05, 0.1) is 47.6 Å². The topological polar surface area (TPSA) is 99.7 Å². The molecule has 0 spiro atoms. The lowest BCUT2D eigenvalue weighted by Gasteiger charge is -2.43. The minimum atomic E-state index is -1.25. The van der Waals surface area contributed by atoms with Crippen molar-refractivity contribution in [1.82, 2.24) is 14.0 Å². The summed E-state index contributed by atoms with van der Waals surface area (Å²) in [6.07, 6.45) is -1.34. The molecular weight excluding hydrogens is 656 g/mol. The van der Waals surface area contributed by atoms with Gasteiger partial charge in [0.15, 0.2) is 17.2 Å². The number of aliphatic hydroxyl groups is 1. The van der Waals surface area contributed by atoms with E-state index in [1.54, 1.807) is 14.2 Å². The van der Waals surface area contributed by atoms with E-state index in [9.17, 15) is 9.90 Å². The number of hydrogen-bond donors (Lipinski definition) is 1. The number of aliphatic hydroxyl groups excluding tert-OH is 1. The van der Waals surface area contributed by atoms with Gasteiger partial charge in [-0.3, -0.25) is 4.79 Å². The summed E-state index contributed by atoms with van der Waals surface area (Å²) in [5.41, 5.74) is 6.57. The molecule has 0 radical (unpaired) electrons. The number of nitrogens with zero attached hydrogens (tertiary/aromatic N) is 4. The van der Waals surface area contributed by atoms with Crippen LogP contribution in [0.25, 0.3) is 43.6 Å². The van der Waals surface area contributed by atoms with Crippen molar-refractivity contribution in [2.24, 2.45) is 5.16 Å². The summed E-state index contributed by atoms with van der Waals surface area (Å²) in [4.78, 5) is 22.6. The van der Waals surface area contributed by atoms with Gasteiger partial charge in [-0.1, -0.05) is 78.0 Å². The number of carbonyl (C=O) groups excluding carboxylic acids is 1. The number of rotatable bonds is 7.